The average Bonchev–Trinajstić information content (AvgIpc) is 2.78. The Morgan fingerprint density at radius 2 is 2.05 bits per heavy atom. The number of aryl methyl sites for hydroxylation is 1. The molecular formula is C17H18O2S. The summed E-state index contributed by atoms with van der Waals surface area (Å²) in [4.78, 5) is 12.7. The SMILES string of the molecule is COC(=O)c1scc(C)c1-c1ccccc1C1CCC1. The van der Waals surface area contributed by atoms with Gasteiger partial charge in [-0.2, -0.15) is 0 Å². The Morgan fingerprint density at radius 1 is 1.30 bits per heavy atom. The maximum Gasteiger partial charge on any atom is 0.348 e. The molecular weight excluding hydrogens is 268 g/mol. The summed E-state index contributed by atoms with van der Waals surface area (Å²) in [6.07, 6.45) is 3.83. The number of rotatable bonds is 3. The van der Waals surface area contributed by atoms with Gasteiger partial charge in [-0.15, -0.1) is 11.3 Å². The molecule has 0 bridgehead atoms. The Hall–Kier alpha value is -1.61. The summed E-state index contributed by atoms with van der Waals surface area (Å²) in [5.74, 6) is 0.414. The van der Waals surface area contributed by atoms with Crippen LogP contribution < -0.4 is 0 Å². The lowest BCUT2D eigenvalue weighted by Crippen LogP contribution is -2.10. The second kappa shape index (κ2) is 5.41. The van der Waals surface area contributed by atoms with Crippen LogP contribution in [0.3, 0.4) is 0 Å². The van der Waals surface area contributed by atoms with Crippen molar-refractivity contribution in [2.24, 2.45) is 0 Å². The van der Waals surface area contributed by atoms with E-state index in [1.807, 2.05) is 5.38 Å². The monoisotopic (exact) mass is 286 g/mol. The Bertz CT molecular complexity index is 638. The van der Waals surface area contributed by atoms with Crippen LogP contribution in [0.25, 0.3) is 11.1 Å². The first-order chi connectivity index (χ1) is 9.72. The molecule has 1 aromatic carbocycles. The third-order valence-electron chi connectivity index (χ3n) is 4.12. The summed E-state index contributed by atoms with van der Waals surface area (Å²) in [7, 11) is 1.44. The van der Waals surface area contributed by atoms with Gasteiger partial charge in [0.1, 0.15) is 4.88 Å². The Balaban J connectivity index is 2.14. The zero-order valence-electron chi connectivity index (χ0n) is 11.8. The van der Waals surface area contributed by atoms with Crippen molar-refractivity contribution in [1.82, 2.24) is 0 Å². The molecule has 0 radical (unpaired) electrons. The van der Waals surface area contributed by atoms with E-state index in [-0.39, 0.29) is 5.97 Å². The minimum absolute atomic E-state index is 0.235. The molecule has 0 aliphatic heterocycles. The van der Waals surface area contributed by atoms with E-state index < -0.39 is 0 Å². The van der Waals surface area contributed by atoms with Gasteiger partial charge in [0.2, 0.25) is 0 Å². The van der Waals surface area contributed by atoms with Crippen molar-refractivity contribution < 1.29 is 9.53 Å². The number of methoxy groups -OCH3 is 1. The minimum atomic E-state index is -0.235. The van der Waals surface area contributed by atoms with Gasteiger partial charge in [-0.1, -0.05) is 30.7 Å². The molecule has 20 heavy (non-hydrogen) atoms. The van der Waals surface area contributed by atoms with Crippen molar-refractivity contribution in [3.8, 4) is 11.1 Å². The predicted molar refractivity (Wildman–Crippen MR) is 82.4 cm³/mol. The van der Waals surface area contributed by atoms with E-state index in [0.29, 0.717) is 5.92 Å². The van der Waals surface area contributed by atoms with Crippen LogP contribution in [0.2, 0.25) is 0 Å². The van der Waals surface area contributed by atoms with Crippen molar-refractivity contribution in [2.45, 2.75) is 32.1 Å². The summed E-state index contributed by atoms with van der Waals surface area (Å²) in [5, 5.41) is 2.04. The number of benzene rings is 1. The molecule has 1 aliphatic rings. The van der Waals surface area contributed by atoms with Gasteiger partial charge in [-0.3, -0.25) is 0 Å². The molecule has 2 nitrogen and oxygen atoms in total. The van der Waals surface area contributed by atoms with Crippen molar-refractivity contribution in [3.05, 3.63) is 45.6 Å². The third kappa shape index (κ3) is 2.16. The molecule has 1 saturated carbocycles. The van der Waals surface area contributed by atoms with Crippen LogP contribution in [-0.2, 0) is 4.74 Å². The molecule has 3 heteroatoms. The van der Waals surface area contributed by atoms with Crippen LogP contribution in [0.15, 0.2) is 29.6 Å². The first-order valence-electron chi connectivity index (χ1n) is 6.98. The second-order valence-corrected chi connectivity index (χ2v) is 6.21. The fourth-order valence-corrected chi connectivity index (χ4v) is 3.80. The van der Waals surface area contributed by atoms with E-state index in [1.165, 1.54) is 48.8 Å². The highest BCUT2D eigenvalue weighted by molar-refractivity contribution is 7.12. The molecule has 2 aromatic rings. The van der Waals surface area contributed by atoms with Crippen LogP contribution in [0.5, 0.6) is 0 Å². The van der Waals surface area contributed by atoms with E-state index in [0.717, 1.165) is 16.0 Å². The molecule has 0 N–H and O–H groups in total. The lowest BCUT2D eigenvalue weighted by Gasteiger charge is -2.28. The van der Waals surface area contributed by atoms with E-state index in [9.17, 15) is 4.79 Å². The minimum Gasteiger partial charge on any atom is -0.465 e. The highest BCUT2D eigenvalue weighted by Crippen LogP contribution is 2.43. The average molecular weight is 286 g/mol. The maximum atomic E-state index is 12.0. The number of thiophene rings is 1. The molecule has 0 amide bonds. The van der Waals surface area contributed by atoms with E-state index in [1.54, 1.807) is 0 Å². The normalized spacial score (nSPS) is 14.9. The molecule has 0 unspecified atom stereocenters. The summed E-state index contributed by atoms with van der Waals surface area (Å²) >= 11 is 1.48. The lowest BCUT2D eigenvalue weighted by molar-refractivity contribution is 0.0607. The molecule has 3 rings (SSSR count). The summed E-state index contributed by atoms with van der Waals surface area (Å²) in [5.41, 5.74) is 4.80. The van der Waals surface area contributed by atoms with Gasteiger partial charge < -0.3 is 4.74 Å². The smallest absolute Gasteiger partial charge is 0.348 e. The fourth-order valence-electron chi connectivity index (χ4n) is 2.82. The summed E-state index contributed by atoms with van der Waals surface area (Å²) < 4.78 is 4.92. The first-order valence-corrected chi connectivity index (χ1v) is 7.86. The Labute approximate surface area is 123 Å². The first kappa shape index (κ1) is 13.4. The molecule has 0 saturated heterocycles. The topological polar surface area (TPSA) is 26.3 Å². The van der Waals surface area contributed by atoms with Crippen LogP contribution in [0.4, 0.5) is 0 Å². The van der Waals surface area contributed by atoms with Gasteiger partial charge >= 0.3 is 5.97 Å². The number of ether oxygens (including phenoxy) is 1. The fraction of sp³-hybridized carbons (Fsp3) is 0.353. The van der Waals surface area contributed by atoms with Crippen molar-refractivity contribution in [3.63, 3.8) is 0 Å². The molecule has 1 aliphatic carbocycles. The van der Waals surface area contributed by atoms with Gasteiger partial charge in [0.05, 0.1) is 7.11 Å². The molecule has 104 valence electrons. The van der Waals surface area contributed by atoms with Gasteiger partial charge in [0.25, 0.3) is 0 Å². The lowest BCUT2D eigenvalue weighted by atomic mass is 9.77. The molecule has 0 spiro atoms. The zero-order chi connectivity index (χ0) is 14.1. The number of hydrogen-bond acceptors (Lipinski definition) is 3. The Kier molecular flexibility index (Phi) is 3.62. The number of esters is 1. The third-order valence-corrected chi connectivity index (χ3v) is 5.20. The summed E-state index contributed by atoms with van der Waals surface area (Å²) in [6, 6.07) is 8.48. The van der Waals surface area contributed by atoms with Crippen molar-refractivity contribution in [1.29, 1.82) is 0 Å². The maximum absolute atomic E-state index is 12.0. The number of carbonyl (C=O) groups is 1. The molecule has 1 fully saturated rings. The Morgan fingerprint density at radius 3 is 2.70 bits per heavy atom. The van der Waals surface area contributed by atoms with Gasteiger partial charge in [0.15, 0.2) is 0 Å². The van der Waals surface area contributed by atoms with Crippen molar-refractivity contribution in [2.75, 3.05) is 7.11 Å². The van der Waals surface area contributed by atoms with E-state index >= 15 is 0 Å². The number of hydrogen-bond donors (Lipinski definition) is 0. The predicted octanol–water partition coefficient (Wildman–Crippen LogP) is 4.78. The van der Waals surface area contributed by atoms with Crippen LogP contribution >= 0.6 is 11.3 Å². The van der Waals surface area contributed by atoms with Crippen LogP contribution in [0, 0.1) is 6.92 Å². The second-order valence-electron chi connectivity index (χ2n) is 5.33. The molecule has 1 heterocycles. The summed E-state index contributed by atoms with van der Waals surface area (Å²) in [6.45, 7) is 2.07. The van der Waals surface area contributed by atoms with Gasteiger partial charge in [0, 0.05) is 5.56 Å². The standard InChI is InChI=1S/C17H18O2S/c1-11-10-20-16(17(18)19-2)15(11)14-9-4-3-8-13(14)12-6-5-7-12/h3-4,8-10,12H,5-7H2,1-2H3. The molecule has 0 atom stereocenters. The van der Waals surface area contributed by atoms with Gasteiger partial charge in [-0.05, 0) is 47.8 Å². The van der Waals surface area contributed by atoms with E-state index in [2.05, 4.69) is 31.2 Å². The quantitative estimate of drug-likeness (QED) is 0.759. The van der Waals surface area contributed by atoms with Crippen molar-refractivity contribution >= 4 is 17.3 Å². The van der Waals surface area contributed by atoms with Gasteiger partial charge in [-0.25, -0.2) is 4.79 Å². The highest BCUT2D eigenvalue weighted by Gasteiger charge is 2.25. The highest BCUT2D eigenvalue weighted by atomic mass is 32.1. The van der Waals surface area contributed by atoms with Crippen LogP contribution in [0.1, 0.15) is 46.0 Å². The van der Waals surface area contributed by atoms with E-state index in [4.69, 9.17) is 4.74 Å². The molecule has 1 aromatic heterocycles. The van der Waals surface area contributed by atoms with Crippen LogP contribution in [-0.4, -0.2) is 13.1 Å². The number of carbonyl (C=O) groups excluding carboxylic acids is 1. The largest absolute Gasteiger partial charge is 0.465 e. The zero-order valence-corrected chi connectivity index (χ0v) is 12.6.